The largest absolute Gasteiger partial charge is 0.496 e. The molecule has 1 amide bonds. The van der Waals surface area contributed by atoms with E-state index < -0.39 is 0 Å². The van der Waals surface area contributed by atoms with Crippen LogP contribution in [0.1, 0.15) is 5.56 Å². The number of carbonyl (C=O) groups is 1. The molecule has 0 aliphatic heterocycles. The minimum absolute atomic E-state index is 0.0686. The predicted octanol–water partition coefficient (Wildman–Crippen LogP) is 2.58. The van der Waals surface area contributed by atoms with Crippen LogP contribution in [0.15, 0.2) is 67.3 Å². The SMILES string of the molecule is COc1ccccc1CNC(=O)COc1ccccc1-n1ccnc1. The first-order valence-electron chi connectivity index (χ1n) is 7.86. The third-order valence-electron chi connectivity index (χ3n) is 3.68. The number of hydrogen-bond donors (Lipinski definition) is 1. The van der Waals surface area contributed by atoms with E-state index in [1.54, 1.807) is 19.6 Å². The molecule has 0 unspecified atom stereocenters. The second-order valence-corrected chi connectivity index (χ2v) is 5.31. The molecule has 25 heavy (non-hydrogen) atoms. The molecule has 0 saturated heterocycles. The lowest BCUT2D eigenvalue weighted by atomic mass is 10.2. The number of nitrogens with one attached hydrogen (secondary N) is 1. The second-order valence-electron chi connectivity index (χ2n) is 5.31. The van der Waals surface area contributed by atoms with E-state index in [1.165, 1.54) is 0 Å². The number of imidazole rings is 1. The Bertz CT molecular complexity index is 831. The van der Waals surface area contributed by atoms with Crippen LogP contribution >= 0.6 is 0 Å². The lowest BCUT2D eigenvalue weighted by Gasteiger charge is -2.12. The average molecular weight is 337 g/mol. The number of aromatic nitrogens is 2. The van der Waals surface area contributed by atoms with Crippen molar-refractivity contribution in [3.8, 4) is 17.2 Å². The minimum Gasteiger partial charge on any atom is -0.496 e. The lowest BCUT2D eigenvalue weighted by molar-refractivity contribution is -0.123. The van der Waals surface area contributed by atoms with Gasteiger partial charge in [-0.1, -0.05) is 30.3 Å². The number of benzene rings is 2. The number of nitrogens with zero attached hydrogens (tertiary/aromatic N) is 2. The quantitative estimate of drug-likeness (QED) is 0.720. The molecule has 6 nitrogen and oxygen atoms in total. The summed E-state index contributed by atoms with van der Waals surface area (Å²) in [5.41, 5.74) is 1.75. The summed E-state index contributed by atoms with van der Waals surface area (Å²) in [5, 5.41) is 2.84. The highest BCUT2D eigenvalue weighted by Gasteiger charge is 2.09. The van der Waals surface area contributed by atoms with Crippen molar-refractivity contribution in [1.82, 2.24) is 14.9 Å². The molecule has 2 aromatic carbocycles. The van der Waals surface area contributed by atoms with E-state index >= 15 is 0 Å². The molecular weight excluding hydrogens is 318 g/mol. The molecule has 0 aliphatic rings. The molecule has 6 heteroatoms. The average Bonchev–Trinajstić information content (AvgIpc) is 3.19. The monoisotopic (exact) mass is 337 g/mol. The molecule has 0 aliphatic carbocycles. The van der Waals surface area contributed by atoms with Gasteiger partial charge in [-0.3, -0.25) is 4.79 Å². The van der Waals surface area contributed by atoms with Crippen molar-refractivity contribution in [3.05, 3.63) is 72.8 Å². The number of methoxy groups -OCH3 is 1. The summed E-state index contributed by atoms with van der Waals surface area (Å²) in [6.07, 6.45) is 5.20. The summed E-state index contributed by atoms with van der Waals surface area (Å²) in [6, 6.07) is 15.1. The van der Waals surface area contributed by atoms with E-state index in [4.69, 9.17) is 9.47 Å². The van der Waals surface area contributed by atoms with E-state index in [9.17, 15) is 4.79 Å². The second kappa shape index (κ2) is 8.01. The molecule has 3 rings (SSSR count). The van der Waals surface area contributed by atoms with Crippen LogP contribution in [-0.2, 0) is 11.3 Å². The summed E-state index contributed by atoms with van der Waals surface area (Å²) >= 11 is 0. The van der Waals surface area contributed by atoms with Crippen LogP contribution < -0.4 is 14.8 Å². The van der Waals surface area contributed by atoms with E-state index in [1.807, 2.05) is 59.3 Å². The van der Waals surface area contributed by atoms with Crippen LogP contribution in [-0.4, -0.2) is 29.2 Å². The Morgan fingerprint density at radius 3 is 2.64 bits per heavy atom. The maximum absolute atomic E-state index is 12.1. The van der Waals surface area contributed by atoms with Crippen LogP contribution in [0.25, 0.3) is 5.69 Å². The van der Waals surface area contributed by atoms with Gasteiger partial charge in [-0.05, 0) is 18.2 Å². The Labute approximate surface area is 146 Å². The molecule has 1 heterocycles. The first-order chi connectivity index (χ1) is 12.3. The van der Waals surface area contributed by atoms with E-state index in [0.29, 0.717) is 12.3 Å². The Hall–Kier alpha value is -3.28. The van der Waals surface area contributed by atoms with Gasteiger partial charge in [0.1, 0.15) is 11.5 Å². The fourth-order valence-electron chi connectivity index (χ4n) is 2.43. The number of ether oxygens (including phenoxy) is 2. The zero-order valence-electron chi connectivity index (χ0n) is 13.9. The third kappa shape index (κ3) is 4.17. The molecule has 0 atom stereocenters. The molecule has 1 N–H and O–H groups in total. The predicted molar refractivity (Wildman–Crippen MR) is 93.9 cm³/mol. The Balaban J connectivity index is 1.58. The third-order valence-corrected chi connectivity index (χ3v) is 3.68. The number of carbonyl (C=O) groups excluding carboxylic acids is 1. The number of para-hydroxylation sites is 3. The van der Waals surface area contributed by atoms with Crippen molar-refractivity contribution in [3.63, 3.8) is 0 Å². The van der Waals surface area contributed by atoms with Crippen molar-refractivity contribution < 1.29 is 14.3 Å². The maximum atomic E-state index is 12.1. The fraction of sp³-hybridized carbons (Fsp3) is 0.158. The van der Waals surface area contributed by atoms with Gasteiger partial charge in [-0.15, -0.1) is 0 Å². The van der Waals surface area contributed by atoms with Crippen LogP contribution in [0.2, 0.25) is 0 Å². The van der Waals surface area contributed by atoms with E-state index in [2.05, 4.69) is 10.3 Å². The van der Waals surface area contributed by atoms with E-state index in [-0.39, 0.29) is 12.5 Å². The van der Waals surface area contributed by atoms with Gasteiger partial charge in [0.2, 0.25) is 0 Å². The maximum Gasteiger partial charge on any atom is 0.258 e. The minimum atomic E-state index is -0.202. The summed E-state index contributed by atoms with van der Waals surface area (Å²) in [7, 11) is 1.61. The van der Waals surface area contributed by atoms with Crippen molar-refractivity contribution in [2.75, 3.05) is 13.7 Å². The van der Waals surface area contributed by atoms with Gasteiger partial charge in [-0.25, -0.2) is 4.98 Å². The van der Waals surface area contributed by atoms with Crippen LogP contribution in [0.4, 0.5) is 0 Å². The van der Waals surface area contributed by atoms with Crippen LogP contribution in [0.3, 0.4) is 0 Å². The summed E-state index contributed by atoms with van der Waals surface area (Å²) in [6.45, 7) is 0.316. The zero-order chi connectivity index (χ0) is 17.5. The van der Waals surface area contributed by atoms with Gasteiger partial charge in [-0.2, -0.15) is 0 Å². The Morgan fingerprint density at radius 2 is 1.88 bits per heavy atom. The van der Waals surface area contributed by atoms with Crippen molar-refractivity contribution in [2.24, 2.45) is 0 Å². The summed E-state index contributed by atoms with van der Waals surface area (Å²) < 4.78 is 12.8. The molecule has 0 spiro atoms. The summed E-state index contributed by atoms with van der Waals surface area (Å²) in [4.78, 5) is 16.1. The standard InChI is InChI=1S/C19H19N3O3/c1-24-17-8-4-2-6-15(17)12-21-19(23)13-25-18-9-5-3-7-16(18)22-11-10-20-14-22/h2-11,14H,12-13H2,1H3,(H,21,23). The van der Waals surface area contributed by atoms with Crippen LogP contribution in [0, 0.1) is 0 Å². The molecular formula is C19H19N3O3. The van der Waals surface area contributed by atoms with Gasteiger partial charge in [0, 0.05) is 24.5 Å². The van der Waals surface area contributed by atoms with Gasteiger partial charge in [0.25, 0.3) is 5.91 Å². The molecule has 1 aromatic heterocycles. The van der Waals surface area contributed by atoms with Gasteiger partial charge in [0.05, 0.1) is 19.1 Å². The van der Waals surface area contributed by atoms with Gasteiger partial charge in [0.15, 0.2) is 6.61 Å². The molecule has 0 bridgehead atoms. The molecule has 3 aromatic rings. The molecule has 0 fully saturated rings. The van der Waals surface area contributed by atoms with Crippen molar-refractivity contribution in [2.45, 2.75) is 6.54 Å². The smallest absolute Gasteiger partial charge is 0.258 e. The highest BCUT2D eigenvalue weighted by molar-refractivity contribution is 5.77. The fourth-order valence-corrected chi connectivity index (χ4v) is 2.43. The Morgan fingerprint density at radius 1 is 1.12 bits per heavy atom. The highest BCUT2D eigenvalue weighted by atomic mass is 16.5. The number of hydrogen-bond acceptors (Lipinski definition) is 4. The first-order valence-corrected chi connectivity index (χ1v) is 7.86. The first kappa shape index (κ1) is 16.6. The molecule has 0 saturated carbocycles. The normalized spacial score (nSPS) is 10.3. The van der Waals surface area contributed by atoms with Crippen LogP contribution in [0.5, 0.6) is 11.5 Å². The van der Waals surface area contributed by atoms with Gasteiger partial charge >= 0.3 is 0 Å². The lowest BCUT2D eigenvalue weighted by Crippen LogP contribution is -2.28. The Kier molecular flexibility index (Phi) is 5.31. The number of amides is 1. The van der Waals surface area contributed by atoms with Crippen molar-refractivity contribution in [1.29, 1.82) is 0 Å². The molecule has 128 valence electrons. The van der Waals surface area contributed by atoms with E-state index in [0.717, 1.165) is 17.0 Å². The molecule has 0 radical (unpaired) electrons. The van der Waals surface area contributed by atoms with Crippen molar-refractivity contribution >= 4 is 5.91 Å². The highest BCUT2D eigenvalue weighted by Crippen LogP contribution is 2.22. The van der Waals surface area contributed by atoms with Gasteiger partial charge < -0.3 is 19.4 Å². The topological polar surface area (TPSA) is 65.4 Å². The zero-order valence-corrected chi connectivity index (χ0v) is 13.9. The number of rotatable bonds is 7. The summed E-state index contributed by atoms with van der Waals surface area (Å²) in [5.74, 6) is 1.16.